The fourth-order valence-electron chi connectivity index (χ4n) is 4.70. The van der Waals surface area contributed by atoms with E-state index in [4.69, 9.17) is 16.6 Å². The van der Waals surface area contributed by atoms with Crippen LogP contribution in [0.4, 0.5) is 9.52 Å². The third-order valence-electron chi connectivity index (χ3n) is 6.36. The number of nitrogens with zero attached hydrogens (tertiary/aromatic N) is 2. The number of pyridine rings is 1. The lowest BCUT2D eigenvalue weighted by molar-refractivity contribution is 0.302. The van der Waals surface area contributed by atoms with E-state index in [2.05, 4.69) is 23.3 Å². The highest BCUT2D eigenvalue weighted by atomic mass is 35.5. The van der Waals surface area contributed by atoms with Crippen LogP contribution in [0.5, 0.6) is 0 Å². The van der Waals surface area contributed by atoms with Crippen molar-refractivity contribution in [2.45, 2.75) is 44.6 Å². The summed E-state index contributed by atoms with van der Waals surface area (Å²) in [5.41, 5.74) is 3.10. The van der Waals surface area contributed by atoms with E-state index in [0.717, 1.165) is 57.0 Å². The molecule has 30 heavy (non-hydrogen) atoms. The SMILES string of the molecule is C[C@@H](Nc1nc2ccc(Cl)cc2s1)C1CCC(c2ccnc3ccc(F)cc23)CC1. The number of anilines is 1. The van der Waals surface area contributed by atoms with Crippen molar-refractivity contribution in [1.82, 2.24) is 9.97 Å². The topological polar surface area (TPSA) is 37.8 Å². The minimum atomic E-state index is -0.194. The fraction of sp³-hybridized carbons (Fsp3) is 0.333. The van der Waals surface area contributed by atoms with E-state index in [0.29, 0.717) is 17.9 Å². The molecule has 0 unspecified atom stereocenters. The molecule has 5 rings (SSSR count). The molecule has 1 saturated carbocycles. The molecule has 2 aromatic heterocycles. The van der Waals surface area contributed by atoms with Gasteiger partial charge in [0.15, 0.2) is 5.13 Å². The van der Waals surface area contributed by atoms with Crippen molar-refractivity contribution in [2.24, 2.45) is 5.92 Å². The van der Waals surface area contributed by atoms with Crippen LogP contribution in [0.15, 0.2) is 48.7 Å². The molecule has 154 valence electrons. The summed E-state index contributed by atoms with van der Waals surface area (Å²) in [6.45, 7) is 2.25. The third-order valence-corrected chi connectivity index (χ3v) is 7.54. The molecule has 2 aromatic carbocycles. The van der Waals surface area contributed by atoms with Gasteiger partial charge in [0.25, 0.3) is 0 Å². The largest absolute Gasteiger partial charge is 0.359 e. The minimum Gasteiger partial charge on any atom is -0.359 e. The van der Waals surface area contributed by atoms with Crippen LogP contribution in [0.1, 0.15) is 44.1 Å². The zero-order valence-corrected chi connectivity index (χ0v) is 18.3. The van der Waals surface area contributed by atoms with Crippen molar-refractivity contribution < 1.29 is 4.39 Å². The summed E-state index contributed by atoms with van der Waals surface area (Å²) in [6, 6.07) is 13.1. The second-order valence-corrected chi connectivity index (χ2v) is 9.70. The van der Waals surface area contributed by atoms with Crippen molar-refractivity contribution in [3.8, 4) is 0 Å². The van der Waals surface area contributed by atoms with Crippen molar-refractivity contribution >= 4 is 49.2 Å². The first kappa shape index (κ1) is 19.7. The zero-order valence-electron chi connectivity index (χ0n) is 16.7. The first-order valence-corrected chi connectivity index (χ1v) is 11.6. The lowest BCUT2D eigenvalue weighted by Gasteiger charge is -2.33. The molecule has 2 heterocycles. The van der Waals surface area contributed by atoms with E-state index in [9.17, 15) is 4.39 Å². The highest BCUT2D eigenvalue weighted by Crippen LogP contribution is 2.40. The molecule has 0 saturated heterocycles. The number of nitrogens with one attached hydrogen (secondary N) is 1. The quantitative estimate of drug-likeness (QED) is 0.359. The molecule has 1 fully saturated rings. The van der Waals surface area contributed by atoms with Crippen molar-refractivity contribution in [1.29, 1.82) is 0 Å². The van der Waals surface area contributed by atoms with Gasteiger partial charge in [0.1, 0.15) is 5.82 Å². The van der Waals surface area contributed by atoms with Gasteiger partial charge in [-0.15, -0.1) is 0 Å². The number of aromatic nitrogens is 2. The number of rotatable bonds is 4. The Labute approximate surface area is 184 Å². The Hall–Kier alpha value is -2.24. The van der Waals surface area contributed by atoms with Gasteiger partial charge in [0.05, 0.1) is 15.7 Å². The molecule has 3 nitrogen and oxygen atoms in total. The molecule has 0 amide bonds. The molecule has 6 heteroatoms. The van der Waals surface area contributed by atoms with Crippen LogP contribution in [-0.4, -0.2) is 16.0 Å². The van der Waals surface area contributed by atoms with Crippen LogP contribution < -0.4 is 5.32 Å². The van der Waals surface area contributed by atoms with E-state index in [-0.39, 0.29) is 5.82 Å². The summed E-state index contributed by atoms with van der Waals surface area (Å²) >= 11 is 7.75. The van der Waals surface area contributed by atoms with Gasteiger partial charge in [-0.2, -0.15) is 0 Å². The molecule has 1 aliphatic rings. The van der Waals surface area contributed by atoms with Crippen molar-refractivity contribution in [2.75, 3.05) is 5.32 Å². The average molecular weight is 440 g/mol. The predicted molar refractivity (Wildman–Crippen MR) is 124 cm³/mol. The minimum absolute atomic E-state index is 0.194. The lowest BCUT2D eigenvalue weighted by atomic mass is 9.75. The first-order valence-electron chi connectivity index (χ1n) is 10.4. The fourth-order valence-corrected chi connectivity index (χ4v) is 5.94. The summed E-state index contributed by atoms with van der Waals surface area (Å²) in [6.07, 6.45) is 6.37. The Morgan fingerprint density at radius 1 is 1.07 bits per heavy atom. The Balaban J connectivity index is 1.27. The highest BCUT2D eigenvalue weighted by molar-refractivity contribution is 7.22. The van der Waals surface area contributed by atoms with Crippen LogP contribution in [0, 0.1) is 11.7 Å². The number of hydrogen-bond acceptors (Lipinski definition) is 4. The van der Waals surface area contributed by atoms with Gasteiger partial charge in [-0.05, 0) is 92.5 Å². The van der Waals surface area contributed by atoms with Crippen LogP contribution in [0.3, 0.4) is 0 Å². The van der Waals surface area contributed by atoms with Crippen LogP contribution in [0.2, 0.25) is 5.02 Å². The summed E-state index contributed by atoms with van der Waals surface area (Å²) < 4.78 is 14.9. The number of fused-ring (bicyclic) bond motifs is 2. The van der Waals surface area contributed by atoms with Gasteiger partial charge < -0.3 is 5.32 Å². The van der Waals surface area contributed by atoms with Gasteiger partial charge in [-0.3, -0.25) is 4.98 Å². The Kier molecular flexibility index (Phi) is 5.34. The molecule has 1 atom stereocenters. The van der Waals surface area contributed by atoms with Gasteiger partial charge in [-0.25, -0.2) is 9.37 Å². The standard InChI is InChI=1S/C24H23ClFN3S/c1-14(28-24-29-22-8-6-17(25)12-23(22)30-24)15-2-4-16(5-3-15)19-10-11-27-21-9-7-18(26)13-20(19)21/h6-16H,2-5H2,1H3,(H,28,29)/t14-,15?,16?/m1/s1. The predicted octanol–water partition coefficient (Wildman–Crippen LogP) is 7.41. The molecule has 0 aliphatic heterocycles. The van der Waals surface area contributed by atoms with Crippen molar-refractivity contribution in [3.63, 3.8) is 0 Å². The van der Waals surface area contributed by atoms with Gasteiger partial charge in [0.2, 0.25) is 0 Å². The summed E-state index contributed by atoms with van der Waals surface area (Å²) in [7, 11) is 0. The molecule has 0 radical (unpaired) electrons. The Morgan fingerprint density at radius 2 is 1.87 bits per heavy atom. The van der Waals surface area contributed by atoms with Crippen molar-refractivity contribution in [3.05, 3.63) is 65.1 Å². The second-order valence-electron chi connectivity index (χ2n) is 8.24. The summed E-state index contributed by atoms with van der Waals surface area (Å²) in [4.78, 5) is 9.10. The zero-order chi connectivity index (χ0) is 20.7. The smallest absolute Gasteiger partial charge is 0.184 e. The first-order chi connectivity index (χ1) is 14.6. The molecular weight excluding hydrogens is 417 g/mol. The normalized spacial score (nSPS) is 20.5. The summed E-state index contributed by atoms with van der Waals surface area (Å²) in [5.74, 6) is 0.868. The highest BCUT2D eigenvalue weighted by Gasteiger charge is 2.27. The number of thiazole rings is 1. The van der Waals surface area contributed by atoms with Crippen LogP contribution in [-0.2, 0) is 0 Å². The molecular formula is C24H23ClFN3S. The molecule has 1 aliphatic carbocycles. The van der Waals surface area contributed by atoms with Crippen LogP contribution >= 0.6 is 22.9 Å². The molecule has 1 N–H and O–H groups in total. The van der Waals surface area contributed by atoms with E-state index >= 15 is 0 Å². The number of halogens is 2. The number of benzene rings is 2. The van der Waals surface area contributed by atoms with Gasteiger partial charge >= 0.3 is 0 Å². The maximum atomic E-state index is 13.8. The third kappa shape index (κ3) is 3.88. The number of hydrogen-bond donors (Lipinski definition) is 1. The summed E-state index contributed by atoms with van der Waals surface area (Å²) in [5, 5.41) is 6.27. The van der Waals surface area contributed by atoms with E-state index in [1.54, 1.807) is 23.5 Å². The molecule has 0 spiro atoms. The maximum Gasteiger partial charge on any atom is 0.184 e. The molecule has 0 bridgehead atoms. The Bertz CT molecular complexity index is 1200. The van der Waals surface area contributed by atoms with E-state index in [1.807, 2.05) is 24.4 Å². The molecule has 4 aromatic rings. The average Bonchev–Trinajstić information content (AvgIpc) is 3.14. The van der Waals surface area contributed by atoms with E-state index in [1.165, 1.54) is 11.6 Å². The lowest BCUT2D eigenvalue weighted by Crippen LogP contribution is -2.29. The van der Waals surface area contributed by atoms with Gasteiger partial charge in [-0.1, -0.05) is 22.9 Å². The van der Waals surface area contributed by atoms with Crippen LogP contribution in [0.25, 0.3) is 21.1 Å². The monoisotopic (exact) mass is 439 g/mol. The van der Waals surface area contributed by atoms with E-state index < -0.39 is 0 Å². The Morgan fingerprint density at radius 3 is 2.70 bits per heavy atom. The maximum absolute atomic E-state index is 13.8. The van der Waals surface area contributed by atoms with Gasteiger partial charge in [0, 0.05) is 22.6 Å². The second kappa shape index (κ2) is 8.12.